The van der Waals surface area contributed by atoms with Crippen molar-refractivity contribution in [2.24, 2.45) is 5.10 Å². The van der Waals surface area contributed by atoms with E-state index < -0.39 is 6.04 Å². The minimum Gasteiger partial charge on any atom is -0.508 e. The van der Waals surface area contributed by atoms with E-state index in [2.05, 4.69) is 26.3 Å². The molecule has 6 rings (SSSR count). The maximum atomic E-state index is 13.7. The molecule has 1 atom stereocenters. The predicted molar refractivity (Wildman–Crippen MR) is 145 cm³/mol. The molecule has 1 fully saturated rings. The van der Waals surface area contributed by atoms with E-state index in [9.17, 15) is 9.90 Å². The largest absolute Gasteiger partial charge is 0.508 e. The van der Waals surface area contributed by atoms with Crippen LogP contribution in [0.3, 0.4) is 0 Å². The van der Waals surface area contributed by atoms with Crippen molar-refractivity contribution in [1.82, 2.24) is 20.3 Å². The first-order valence-corrected chi connectivity index (χ1v) is 13.1. The van der Waals surface area contributed by atoms with Crippen LogP contribution in [0.25, 0.3) is 10.4 Å². The van der Waals surface area contributed by atoms with E-state index in [4.69, 9.17) is 5.10 Å². The van der Waals surface area contributed by atoms with E-state index in [1.165, 1.54) is 16.3 Å². The summed E-state index contributed by atoms with van der Waals surface area (Å²) in [6, 6.07) is 18.4. The molecule has 1 aromatic carbocycles. The van der Waals surface area contributed by atoms with Gasteiger partial charge in [-0.15, -0.1) is 11.3 Å². The van der Waals surface area contributed by atoms with Gasteiger partial charge >= 0.3 is 0 Å². The Morgan fingerprint density at radius 2 is 1.84 bits per heavy atom. The minimum absolute atomic E-state index is 0.149. The molecule has 186 valence electrons. The lowest BCUT2D eigenvalue weighted by molar-refractivity contribution is 0.0714. The third-order valence-corrected chi connectivity index (χ3v) is 7.82. The topological polar surface area (TPSA) is 94.0 Å². The average Bonchev–Trinajstić information content (AvgIpc) is 3.63. The molecule has 9 heteroatoms. The number of carbonyl (C=O) groups is 1. The van der Waals surface area contributed by atoms with Gasteiger partial charge in [0.25, 0.3) is 5.91 Å². The van der Waals surface area contributed by atoms with Gasteiger partial charge < -0.3 is 15.3 Å². The molecule has 0 spiro atoms. The van der Waals surface area contributed by atoms with Crippen LogP contribution < -0.4 is 10.2 Å². The summed E-state index contributed by atoms with van der Waals surface area (Å²) in [7, 11) is 0. The van der Waals surface area contributed by atoms with E-state index in [1.54, 1.807) is 24.5 Å². The van der Waals surface area contributed by atoms with Crippen molar-refractivity contribution in [3.8, 4) is 16.2 Å². The van der Waals surface area contributed by atoms with Crippen molar-refractivity contribution in [3.63, 3.8) is 0 Å². The number of anilines is 1. The summed E-state index contributed by atoms with van der Waals surface area (Å²) in [5, 5.41) is 20.1. The van der Waals surface area contributed by atoms with Crippen LogP contribution in [0.5, 0.6) is 5.75 Å². The minimum atomic E-state index is -0.408. The van der Waals surface area contributed by atoms with Crippen LogP contribution in [-0.4, -0.2) is 57.9 Å². The summed E-state index contributed by atoms with van der Waals surface area (Å²) in [5.41, 5.74) is 3.27. The molecule has 0 saturated carbocycles. The Kier molecular flexibility index (Phi) is 6.38. The molecule has 2 aliphatic rings. The highest BCUT2D eigenvalue weighted by Crippen LogP contribution is 2.39. The Morgan fingerprint density at radius 1 is 0.973 bits per heavy atom. The Morgan fingerprint density at radius 3 is 2.59 bits per heavy atom. The van der Waals surface area contributed by atoms with Gasteiger partial charge in [-0.05, 0) is 36.4 Å². The number of para-hydroxylation sites is 1. The second kappa shape index (κ2) is 10.1. The maximum absolute atomic E-state index is 13.7. The SMILES string of the molecule is O=C(c1ccc(-c2ccc(N3CCNCC3)nc2)s1)N1N=C(c2cccnc2)CC1c1ccccc1O. The highest BCUT2D eigenvalue weighted by Gasteiger charge is 2.35. The Labute approximate surface area is 218 Å². The van der Waals surface area contributed by atoms with E-state index >= 15 is 0 Å². The third kappa shape index (κ3) is 4.71. The van der Waals surface area contributed by atoms with Gasteiger partial charge in [0.15, 0.2) is 0 Å². The number of piperazine rings is 1. The summed E-state index contributed by atoms with van der Waals surface area (Å²) in [6.45, 7) is 3.81. The number of phenols is 1. The molecule has 2 N–H and O–H groups in total. The number of amides is 1. The highest BCUT2D eigenvalue weighted by molar-refractivity contribution is 7.17. The van der Waals surface area contributed by atoms with Crippen LogP contribution in [0, 0.1) is 0 Å². The number of phenolic OH excluding ortho intramolecular Hbond substituents is 1. The van der Waals surface area contributed by atoms with Gasteiger partial charge in [0.1, 0.15) is 11.6 Å². The molecule has 1 unspecified atom stereocenters. The number of aromatic hydroxyl groups is 1. The summed E-state index contributed by atoms with van der Waals surface area (Å²) < 4.78 is 0. The second-order valence-corrected chi connectivity index (χ2v) is 10.1. The van der Waals surface area contributed by atoms with Crippen LogP contribution >= 0.6 is 11.3 Å². The molecule has 37 heavy (non-hydrogen) atoms. The molecule has 0 radical (unpaired) electrons. The zero-order valence-electron chi connectivity index (χ0n) is 20.1. The highest BCUT2D eigenvalue weighted by atomic mass is 32.1. The number of rotatable bonds is 5. The van der Waals surface area contributed by atoms with Gasteiger partial charge in [-0.1, -0.05) is 24.3 Å². The van der Waals surface area contributed by atoms with Crippen LogP contribution in [0.4, 0.5) is 5.82 Å². The van der Waals surface area contributed by atoms with E-state index in [0.29, 0.717) is 16.9 Å². The quantitative estimate of drug-likeness (QED) is 0.416. The molecule has 3 aromatic heterocycles. The lowest BCUT2D eigenvalue weighted by Gasteiger charge is -2.28. The fourth-order valence-electron chi connectivity index (χ4n) is 4.75. The van der Waals surface area contributed by atoms with Crippen molar-refractivity contribution in [3.05, 3.63) is 95.3 Å². The molecule has 1 saturated heterocycles. The number of nitrogens with zero attached hydrogens (tertiary/aromatic N) is 5. The number of hydrogen-bond donors (Lipinski definition) is 2. The van der Waals surface area contributed by atoms with Gasteiger partial charge in [-0.2, -0.15) is 5.10 Å². The number of pyridine rings is 2. The summed E-state index contributed by atoms with van der Waals surface area (Å²) in [4.78, 5) is 26.4. The lowest BCUT2D eigenvalue weighted by Crippen LogP contribution is -2.43. The maximum Gasteiger partial charge on any atom is 0.284 e. The van der Waals surface area contributed by atoms with Crippen LogP contribution in [-0.2, 0) is 0 Å². The van der Waals surface area contributed by atoms with E-state index in [0.717, 1.165) is 53.7 Å². The molecule has 4 aromatic rings. The van der Waals surface area contributed by atoms with Gasteiger partial charge in [-0.25, -0.2) is 9.99 Å². The number of aromatic nitrogens is 2. The number of hydrogen-bond acceptors (Lipinski definition) is 8. The zero-order valence-corrected chi connectivity index (χ0v) is 20.9. The van der Waals surface area contributed by atoms with Crippen LogP contribution in [0.1, 0.15) is 33.3 Å². The van der Waals surface area contributed by atoms with Crippen LogP contribution in [0.15, 0.2) is 84.4 Å². The normalized spacial score (nSPS) is 17.6. The monoisotopic (exact) mass is 510 g/mol. The van der Waals surface area contributed by atoms with E-state index in [-0.39, 0.29) is 11.7 Å². The number of benzene rings is 1. The summed E-state index contributed by atoms with van der Waals surface area (Å²) >= 11 is 1.42. The molecule has 5 heterocycles. The molecule has 0 bridgehead atoms. The number of thiophene rings is 1. The fourth-order valence-corrected chi connectivity index (χ4v) is 5.68. The van der Waals surface area contributed by atoms with E-state index in [1.807, 2.05) is 48.7 Å². The van der Waals surface area contributed by atoms with Gasteiger partial charge in [-0.3, -0.25) is 9.78 Å². The fraction of sp³-hybridized carbons (Fsp3) is 0.214. The third-order valence-electron chi connectivity index (χ3n) is 6.70. The van der Waals surface area contributed by atoms with Gasteiger partial charge in [0.2, 0.25) is 0 Å². The predicted octanol–water partition coefficient (Wildman–Crippen LogP) is 4.31. The number of hydrazone groups is 1. The first-order chi connectivity index (χ1) is 18.2. The van der Waals surface area contributed by atoms with Crippen molar-refractivity contribution < 1.29 is 9.90 Å². The average molecular weight is 511 g/mol. The first kappa shape index (κ1) is 23.3. The Hall–Kier alpha value is -4.08. The molecular formula is C28H26N6O2S. The summed E-state index contributed by atoms with van der Waals surface area (Å²) in [6.07, 6.45) is 5.82. The van der Waals surface area contributed by atoms with Crippen molar-refractivity contribution in [1.29, 1.82) is 0 Å². The molecule has 0 aliphatic carbocycles. The molecular weight excluding hydrogens is 484 g/mol. The van der Waals surface area contributed by atoms with Gasteiger partial charge in [0, 0.05) is 72.8 Å². The van der Waals surface area contributed by atoms with Crippen molar-refractivity contribution in [2.45, 2.75) is 12.5 Å². The standard InChI is InChI=1S/C28H26N6O2S/c35-24-6-2-1-5-21(24)23-16-22(19-4-3-11-30-17-19)32-34(23)28(36)26-9-8-25(37-26)20-7-10-27(31-18-20)33-14-12-29-13-15-33/h1-11,17-18,23,29,35H,12-16H2. The van der Waals surface area contributed by atoms with Crippen LogP contribution in [0.2, 0.25) is 0 Å². The Balaban J connectivity index is 1.27. The lowest BCUT2D eigenvalue weighted by atomic mass is 9.98. The zero-order chi connectivity index (χ0) is 25.2. The van der Waals surface area contributed by atoms with Crippen molar-refractivity contribution >= 4 is 28.8 Å². The summed E-state index contributed by atoms with van der Waals surface area (Å²) in [5.74, 6) is 0.919. The smallest absolute Gasteiger partial charge is 0.284 e. The molecule has 1 amide bonds. The number of carbonyl (C=O) groups excluding carboxylic acids is 1. The molecule has 8 nitrogen and oxygen atoms in total. The Bertz CT molecular complexity index is 1430. The van der Waals surface area contributed by atoms with Crippen molar-refractivity contribution in [2.75, 3.05) is 31.1 Å². The molecule has 2 aliphatic heterocycles. The second-order valence-electron chi connectivity index (χ2n) is 9.02. The number of nitrogens with one attached hydrogen (secondary N) is 1. The van der Waals surface area contributed by atoms with Gasteiger partial charge in [0.05, 0.1) is 16.6 Å². The first-order valence-electron chi connectivity index (χ1n) is 12.3.